The van der Waals surface area contributed by atoms with Crippen LogP contribution in [-0.4, -0.2) is 6.43 Å². The van der Waals surface area contributed by atoms with Crippen molar-refractivity contribution in [1.82, 2.24) is 0 Å². The van der Waals surface area contributed by atoms with Crippen molar-refractivity contribution in [3.8, 4) is 0 Å². The van der Waals surface area contributed by atoms with Gasteiger partial charge in [0.05, 0.1) is 10.0 Å². The van der Waals surface area contributed by atoms with Gasteiger partial charge >= 0.3 is 0 Å². The van der Waals surface area contributed by atoms with E-state index < -0.39 is 18.9 Å². The molecule has 0 heterocycles. The van der Waals surface area contributed by atoms with Crippen LogP contribution in [-0.2, 0) is 0 Å². The predicted molar refractivity (Wildman–Crippen MR) is 59.0 cm³/mol. The Kier molecular flexibility index (Phi) is 4.59. The molecule has 0 spiro atoms. The van der Waals surface area contributed by atoms with Crippen LogP contribution in [0.15, 0.2) is 12.1 Å². The zero-order valence-corrected chi connectivity index (χ0v) is 9.75. The molecular formula is C9H8Cl3F2N. The zero-order valence-electron chi connectivity index (χ0n) is 7.48. The second kappa shape index (κ2) is 5.30. The maximum absolute atomic E-state index is 12.1. The van der Waals surface area contributed by atoms with Gasteiger partial charge in [0.15, 0.2) is 0 Å². The highest BCUT2D eigenvalue weighted by atomic mass is 35.5. The summed E-state index contributed by atoms with van der Waals surface area (Å²) in [5, 5.41) is 0.710. The summed E-state index contributed by atoms with van der Waals surface area (Å²) in [7, 11) is 0. The van der Waals surface area contributed by atoms with E-state index in [2.05, 4.69) is 0 Å². The minimum absolute atomic E-state index is 0.175. The molecule has 84 valence electrons. The van der Waals surface area contributed by atoms with Gasteiger partial charge in [-0.1, -0.05) is 34.8 Å². The Morgan fingerprint density at radius 3 is 2.33 bits per heavy atom. The van der Waals surface area contributed by atoms with Crippen LogP contribution in [0, 0.1) is 0 Å². The van der Waals surface area contributed by atoms with Crippen molar-refractivity contribution in [3.05, 3.63) is 32.8 Å². The molecule has 0 unspecified atom stereocenters. The van der Waals surface area contributed by atoms with Gasteiger partial charge in [0.2, 0.25) is 6.43 Å². The molecule has 1 nitrogen and oxygen atoms in total. The second-order valence-electron chi connectivity index (χ2n) is 3.02. The Morgan fingerprint density at radius 2 is 1.80 bits per heavy atom. The van der Waals surface area contributed by atoms with Gasteiger partial charge in [-0.3, -0.25) is 0 Å². The molecule has 15 heavy (non-hydrogen) atoms. The molecule has 1 aromatic carbocycles. The molecule has 1 aromatic rings. The Labute approximate surface area is 101 Å². The van der Waals surface area contributed by atoms with Crippen molar-refractivity contribution in [2.45, 2.75) is 18.9 Å². The minimum Gasteiger partial charge on any atom is -0.324 e. The first-order chi connectivity index (χ1) is 6.91. The first-order valence-corrected chi connectivity index (χ1v) is 5.23. The van der Waals surface area contributed by atoms with E-state index in [1.807, 2.05) is 0 Å². The largest absolute Gasteiger partial charge is 0.324 e. The summed E-state index contributed by atoms with van der Waals surface area (Å²) in [5.74, 6) is 0. The lowest BCUT2D eigenvalue weighted by Crippen LogP contribution is -2.14. The molecular weight excluding hydrogens is 266 g/mol. The van der Waals surface area contributed by atoms with E-state index in [-0.39, 0.29) is 10.0 Å². The van der Waals surface area contributed by atoms with Crippen molar-refractivity contribution in [2.75, 3.05) is 0 Å². The highest BCUT2D eigenvalue weighted by Crippen LogP contribution is 2.34. The maximum atomic E-state index is 12.1. The number of rotatable bonds is 3. The van der Waals surface area contributed by atoms with Gasteiger partial charge < -0.3 is 5.73 Å². The SMILES string of the molecule is N[C@H](CC(F)F)c1cc(Cl)cc(Cl)c1Cl. The van der Waals surface area contributed by atoms with E-state index in [1.165, 1.54) is 12.1 Å². The first kappa shape index (κ1) is 13.0. The molecule has 0 aliphatic carbocycles. The van der Waals surface area contributed by atoms with Crippen LogP contribution in [0.5, 0.6) is 0 Å². The smallest absolute Gasteiger partial charge is 0.240 e. The van der Waals surface area contributed by atoms with Crippen LogP contribution < -0.4 is 5.73 Å². The Balaban J connectivity index is 3.02. The van der Waals surface area contributed by atoms with E-state index in [1.54, 1.807) is 0 Å². The van der Waals surface area contributed by atoms with E-state index in [9.17, 15) is 8.78 Å². The van der Waals surface area contributed by atoms with Gasteiger partial charge in [-0.25, -0.2) is 8.78 Å². The third-order valence-electron chi connectivity index (χ3n) is 1.85. The molecule has 0 radical (unpaired) electrons. The van der Waals surface area contributed by atoms with E-state index in [4.69, 9.17) is 40.5 Å². The molecule has 0 saturated carbocycles. The third kappa shape index (κ3) is 3.45. The molecule has 2 N–H and O–H groups in total. The number of nitrogens with two attached hydrogens (primary N) is 1. The molecule has 0 saturated heterocycles. The van der Waals surface area contributed by atoms with Gasteiger partial charge in [-0.05, 0) is 17.7 Å². The molecule has 0 aromatic heterocycles. The Hall–Kier alpha value is -0.0900. The van der Waals surface area contributed by atoms with Crippen LogP contribution in [0.1, 0.15) is 18.0 Å². The number of alkyl halides is 2. The van der Waals surface area contributed by atoms with Crippen LogP contribution in [0.25, 0.3) is 0 Å². The summed E-state index contributed by atoms with van der Waals surface area (Å²) < 4.78 is 24.2. The average Bonchev–Trinajstić information content (AvgIpc) is 2.09. The average molecular weight is 275 g/mol. The van der Waals surface area contributed by atoms with Crippen LogP contribution in [0.2, 0.25) is 15.1 Å². The molecule has 1 rings (SSSR count). The lowest BCUT2D eigenvalue weighted by molar-refractivity contribution is 0.128. The molecule has 0 fully saturated rings. The Bertz CT molecular complexity index is 357. The molecule has 0 amide bonds. The Morgan fingerprint density at radius 1 is 1.20 bits per heavy atom. The lowest BCUT2D eigenvalue weighted by atomic mass is 10.1. The van der Waals surface area contributed by atoms with Gasteiger partial charge in [0.25, 0.3) is 0 Å². The number of hydrogen-bond donors (Lipinski definition) is 1. The van der Waals surface area contributed by atoms with Crippen molar-refractivity contribution < 1.29 is 8.78 Å². The first-order valence-electron chi connectivity index (χ1n) is 4.10. The fourth-order valence-electron chi connectivity index (χ4n) is 1.16. The maximum Gasteiger partial charge on any atom is 0.240 e. The fraction of sp³-hybridized carbons (Fsp3) is 0.333. The summed E-state index contributed by atoms with van der Waals surface area (Å²) in [4.78, 5) is 0. The summed E-state index contributed by atoms with van der Waals surface area (Å²) >= 11 is 17.3. The minimum atomic E-state index is -2.49. The topological polar surface area (TPSA) is 26.0 Å². The zero-order chi connectivity index (χ0) is 11.6. The van der Waals surface area contributed by atoms with Crippen LogP contribution >= 0.6 is 34.8 Å². The van der Waals surface area contributed by atoms with E-state index >= 15 is 0 Å². The van der Waals surface area contributed by atoms with Gasteiger partial charge in [-0.15, -0.1) is 0 Å². The predicted octanol–water partition coefficient (Wildman–Crippen LogP) is 4.30. The molecule has 6 heteroatoms. The molecule has 0 aliphatic heterocycles. The summed E-state index contributed by atoms with van der Waals surface area (Å²) in [6, 6.07) is 2.01. The second-order valence-corrected chi connectivity index (χ2v) is 4.25. The highest BCUT2D eigenvalue weighted by molar-refractivity contribution is 6.43. The lowest BCUT2D eigenvalue weighted by Gasteiger charge is -2.14. The molecule has 0 bridgehead atoms. The van der Waals surface area contributed by atoms with Gasteiger partial charge in [-0.2, -0.15) is 0 Å². The normalized spacial score (nSPS) is 13.3. The summed E-state index contributed by atoms with van der Waals surface area (Å²) in [6.07, 6.45) is -2.97. The monoisotopic (exact) mass is 273 g/mol. The molecule has 1 atom stereocenters. The van der Waals surface area contributed by atoms with Crippen molar-refractivity contribution in [1.29, 1.82) is 0 Å². The summed E-state index contributed by atoms with van der Waals surface area (Å²) in [5.41, 5.74) is 5.89. The van der Waals surface area contributed by atoms with Crippen LogP contribution in [0.3, 0.4) is 0 Å². The van der Waals surface area contributed by atoms with Crippen molar-refractivity contribution >= 4 is 34.8 Å². The van der Waals surface area contributed by atoms with Crippen molar-refractivity contribution in [3.63, 3.8) is 0 Å². The third-order valence-corrected chi connectivity index (χ3v) is 2.89. The van der Waals surface area contributed by atoms with Gasteiger partial charge in [0.1, 0.15) is 0 Å². The quantitative estimate of drug-likeness (QED) is 0.817. The number of hydrogen-bond acceptors (Lipinski definition) is 1. The highest BCUT2D eigenvalue weighted by Gasteiger charge is 2.17. The number of benzene rings is 1. The number of halogens is 5. The van der Waals surface area contributed by atoms with Crippen molar-refractivity contribution in [2.24, 2.45) is 5.73 Å². The van der Waals surface area contributed by atoms with E-state index in [0.29, 0.717) is 10.6 Å². The van der Waals surface area contributed by atoms with Crippen LogP contribution in [0.4, 0.5) is 8.78 Å². The van der Waals surface area contributed by atoms with Gasteiger partial charge in [0, 0.05) is 17.5 Å². The summed E-state index contributed by atoms with van der Waals surface area (Å²) in [6.45, 7) is 0. The van der Waals surface area contributed by atoms with E-state index in [0.717, 1.165) is 0 Å². The fourth-order valence-corrected chi connectivity index (χ4v) is 1.92. The standard InChI is InChI=1S/C9H8Cl3F2N/c10-4-1-5(7(15)3-8(13)14)9(12)6(11)2-4/h1-2,7-8H,3,15H2/t7-/m1/s1. The molecule has 0 aliphatic rings.